The Labute approximate surface area is 238 Å². The van der Waals surface area contributed by atoms with E-state index in [0.29, 0.717) is 44.2 Å². The van der Waals surface area contributed by atoms with Crippen LogP contribution in [0.25, 0.3) is 22.2 Å². The van der Waals surface area contributed by atoms with Crippen LogP contribution in [0.15, 0.2) is 67.1 Å². The molecule has 10 nitrogen and oxygen atoms in total. The number of benzene rings is 2. The van der Waals surface area contributed by atoms with Crippen molar-refractivity contribution < 1.29 is 19.4 Å². The molecule has 0 unspecified atom stereocenters. The standard InChI is InChI=1S/C31H34N6O4/c1-5-31(6-2,29(38)39)16-28-34-26-11-10-25(41-20-24-12-13-36(3)35-24)15-27(26)37(28)19-21-8-7-9-22(14-21)23-17-32-30(40-4)33-18-23/h7-15,17-18H,5-6,16,19-20H2,1-4H3,(H,38,39). The summed E-state index contributed by atoms with van der Waals surface area (Å²) in [6.45, 7) is 4.69. The van der Waals surface area contributed by atoms with Crippen molar-refractivity contribution in [2.75, 3.05) is 7.11 Å². The number of aromatic nitrogens is 6. The number of rotatable bonds is 12. The molecule has 0 aliphatic rings. The molecule has 0 radical (unpaired) electrons. The molecule has 2 aromatic carbocycles. The van der Waals surface area contributed by atoms with Crippen molar-refractivity contribution in [3.63, 3.8) is 0 Å². The van der Waals surface area contributed by atoms with Gasteiger partial charge < -0.3 is 19.1 Å². The van der Waals surface area contributed by atoms with Gasteiger partial charge in [-0.2, -0.15) is 5.10 Å². The molecule has 0 saturated carbocycles. The van der Waals surface area contributed by atoms with Crippen LogP contribution in [0.2, 0.25) is 0 Å². The zero-order valence-electron chi connectivity index (χ0n) is 23.7. The second-order valence-corrected chi connectivity index (χ2v) is 10.2. The zero-order valence-corrected chi connectivity index (χ0v) is 23.7. The van der Waals surface area contributed by atoms with Crippen LogP contribution in [0.5, 0.6) is 11.8 Å². The largest absolute Gasteiger partial charge is 0.487 e. The summed E-state index contributed by atoms with van der Waals surface area (Å²) in [4.78, 5) is 25.8. The third kappa shape index (κ3) is 5.91. The van der Waals surface area contributed by atoms with Crippen LogP contribution in [-0.4, -0.2) is 47.5 Å². The summed E-state index contributed by atoms with van der Waals surface area (Å²) in [6.07, 6.45) is 6.68. The highest BCUT2D eigenvalue weighted by molar-refractivity contribution is 5.79. The maximum Gasteiger partial charge on any atom is 0.316 e. The fraction of sp³-hybridized carbons (Fsp3) is 0.323. The summed E-state index contributed by atoms with van der Waals surface area (Å²) in [5, 5.41) is 14.6. The molecule has 5 aromatic rings. The Bertz CT molecular complexity index is 1650. The number of fused-ring (bicyclic) bond motifs is 1. The summed E-state index contributed by atoms with van der Waals surface area (Å²) in [7, 11) is 3.41. The van der Waals surface area contributed by atoms with Gasteiger partial charge in [0.2, 0.25) is 0 Å². The van der Waals surface area contributed by atoms with E-state index in [-0.39, 0.29) is 0 Å². The Morgan fingerprint density at radius 2 is 1.80 bits per heavy atom. The molecule has 0 aliphatic heterocycles. The minimum Gasteiger partial charge on any atom is -0.487 e. The van der Waals surface area contributed by atoms with Crippen LogP contribution in [0.3, 0.4) is 0 Å². The molecule has 0 amide bonds. The van der Waals surface area contributed by atoms with E-state index >= 15 is 0 Å². The van der Waals surface area contributed by atoms with Gasteiger partial charge in [0.05, 0.1) is 29.3 Å². The van der Waals surface area contributed by atoms with Gasteiger partial charge >= 0.3 is 12.0 Å². The fourth-order valence-corrected chi connectivity index (χ4v) is 5.03. The normalized spacial score (nSPS) is 11.6. The Morgan fingerprint density at radius 3 is 2.46 bits per heavy atom. The summed E-state index contributed by atoms with van der Waals surface area (Å²) in [6, 6.07) is 16.2. The highest BCUT2D eigenvalue weighted by Gasteiger charge is 2.37. The average molecular weight is 555 g/mol. The molecular formula is C31H34N6O4. The molecule has 212 valence electrons. The number of carbonyl (C=O) groups is 1. The molecule has 0 atom stereocenters. The lowest BCUT2D eigenvalue weighted by Gasteiger charge is -2.26. The number of aryl methyl sites for hydroxylation is 1. The van der Waals surface area contributed by atoms with Crippen molar-refractivity contribution in [2.45, 2.75) is 46.3 Å². The predicted molar refractivity (Wildman–Crippen MR) is 155 cm³/mol. The molecule has 1 N–H and O–H groups in total. The molecule has 0 spiro atoms. The van der Waals surface area contributed by atoms with Crippen LogP contribution >= 0.6 is 0 Å². The first-order valence-corrected chi connectivity index (χ1v) is 13.6. The Hall–Kier alpha value is -4.73. The quantitative estimate of drug-likeness (QED) is 0.221. The summed E-state index contributed by atoms with van der Waals surface area (Å²) in [5.41, 5.74) is 4.47. The van der Waals surface area contributed by atoms with Crippen LogP contribution < -0.4 is 9.47 Å². The van der Waals surface area contributed by atoms with E-state index in [1.807, 2.05) is 63.5 Å². The van der Waals surface area contributed by atoms with Gasteiger partial charge in [-0.05, 0) is 48.2 Å². The second-order valence-electron chi connectivity index (χ2n) is 10.2. The highest BCUT2D eigenvalue weighted by atomic mass is 16.5. The molecule has 5 rings (SSSR count). The first kappa shape index (κ1) is 27.8. The van der Waals surface area contributed by atoms with Crippen molar-refractivity contribution in [3.05, 3.63) is 84.2 Å². The lowest BCUT2D eigenvalue weighted by molar-refractivity contribution is -0.149. The molecule has 0 aliphatic carbocycles. The third-order valence-electron chi connectivity index (χ3n) is 7.67. The number of methoxy groups -OCH3 is 1. The second kappa shape index (κ2) is 11.8. The first-order chi connectivity index (χ1) is 19.8. The molecule has 10 heteroatoms. The van der Waals surface area contributed by atoms with E-state index in [4.69, 9.17) is 14.5 Å². The van der Waals surface area contributed by atoms with Gasteiger partial charge in [0, 0.05) is 50.2 Å². The lowest BCUT2D eigenvalue weighted by Crippen LogP contribution is -2.33. The minimum absolute atomic E-state index is 0.314. The number of carboxylic acids is 1. The smallest absolute Gasteiger partial charge is 0.316 e. The van der Waals surface area contributed by atoms with Crippen molar-refractivity contribution >= 4 is 17.0 Å². The number of ether oxygens (including phenoxy) is 2. The van der Waals surface area contributed by atoms with Gasteiger partial charge in [-0.15, -0.1) is 0 Å². The van der Waals surface area contributed by atoms with E-state index in [2.05, 4.69) is 31.8 Å². The molecule has 0 fully saturated rings. The first-order valence-electron chi connectivity index (χ1n) is 13.6. The maximum atomic E-state index is 12.4. The third-order valence-corrected chi connectivity index (χ3v) is 7.67. The number of hydrogen-bond donors (Lipinski definition) is 1. The Kier molecular flexibility index (Phi) is 8.00. The summed E-state index contributed by atoms with van der Waals surface area (Å²) >= 11 is 0. The Balaban J connectivity index is 1.53. The van der Waals surface area contributed by atoms with E-state index in [1.54, 1.807) is 17.1 Å². The highest BCUT2D eigenvalue weighted by Crippen LogP contribution is 2.34. The topological polar surface area (TPSA) is 117 Å². The number of carboxylic acid groups (broad SMARTS) is 1. The van der Waals surface area contributed by atoms with Crippen LogP contribution in [0.4, 0.5) is 0 Å². The van der Waals surface area contributed by atoms with Crippen molar-refractivity contribution in [1.29, 1.82) is 0 Å². The number of hydrogen-bond acceptors (Lipinski definition) is 7. The molecule has 3 aromatic heterocycles. The summed E-state index contributed by atoms with van der Waals surface area (Å²) < 4.78 is 15.0. The Morgan fingerprint density at radius 1 is 1.02 bits per heavy atom. The number of nitrogens with zero attached hydrogens (tertiary/aromatic N) is 6. The van der Waals surface area contributed by atoms with Gasteiger partial charge in [0.25, 0.3) is 0 Å². The van der Waals surface area contributed by atoms with Gasteiger partial charge in [-0.3, -0.25) is 9.48 Å². The van der Waals surface area contributed by atoms with Crippen LogP contribution in [0.1, 0.15) is 43.8 Å². The van der Waals surface area contributed by atoms with E-state index < -0.39 is 11.4 Å². The maximum absolute atomic E-state index is 12.4. The predicted octanol–water partition coefficient (Wildman–Crippen LogP) is 5.30. The van der Waals surface area contributed by atoms with Crippen molar-refractivity contribution in [2.24, 2.45) is 12.5 Å². The monoisotopic (exact) mass is 554 g/mol. The molecular weight excluding hydrogens is 520 g/mol. The van der Waals surface area contributed by atoms with Gasteiger partial charge in [-0.25, -0.2) is 15.0 Å². The summed E-state index contributed by atoms with van der Waals surface area (Å²) in [5.74, 6) is 0.614. The van der Waals surface area contributed by atoms with E-state index in [9.17, 15) is 9.90 Å². The average Bonchev–Trinajstić information content (AvgIpc) is 3.56. The van der Waals surface area contributed by atoms with Gasteiger partial charge in [-0.1, -0.05) is 32.0 Å². The molecule has 3 heterocycles. The van der Waals surface area contributed by atoms with Crippen LogP contribution in [0, 0.1) is 5.41 Å². The SMILES string of the molecule is CCC(CC)(Cc1nc2ccc(OCc3ccn(C)n3)cc2n1Cc1cccc(-c2cnc(OC)nc2)c1)C(=O)O. The number of imidazole rings is 1. The van der Waals surface area contributed by atoms with Crippen molar-refractivity contribution in [1.82, 2.24) is 29.3 Å². The number of aliphatic carboxylic acids is 1. The van der Waals surface area contributed by atoms with E-state index in [0.717, 1.165) is 39.2 Å². The molecule has 0 saturated heterocycles. The minimum atomic E-state index is -0.903. The van der Waals surface area contributed by atoms with E-state index in [1.165, 1.54) is 7.11 Å². The molecule has 0 bridgehead atoms. The lowest BCUT2D eigenvalue weighted by atomic mass is 9.79. The van der Waals surface area contributed by atoms with Gasteiger partial charge in [0.15, 0.2) is 0 Å². The van der Waals surface area contributed by atoms with Gasteiger partial charge in [0.1, 0.15) is 18.2 Å². The molecule has 41 heavy (non-hydrogen) atoms. The van der Waals surface area contributed by atoms with Crippen molar-refractivity contribution in [3.8, 4) is 22.9 Å². The van der Waals surface area contributed by atoms with Crippen LogP contribution in [-0.2, 0) is 31.4 Å². The zero-order chi connectivity index (χ0) is 29.0. The fourth-order valence-electron chi connectivity index (χ4n) is 5.03.